The molecule has 0 spiro atoms. The van der Waals surface area contributed by atoms with E-state index in [1.54, 1.807) is 0 Å². The fraction of sp³-hybridized carbons (Fsp3) is 0.208. The van der Waals surface area contributed by atoms with Crippen LogP contribution in [0.15, 0.2) is 151 Å². The lowest BCUT2D eigenvalue weighted by Crippen LogP contribution is -2.38. The van der Waals surface area contributed by atoms with Crippen molar-refractivity contribution in [2.75, 3.05) is 9.80 Å². The van der Waals surface area contributed by atoms with Crippen LogP contribution in [0.4, 0.5) is 34.1 Å². The Kier molecular flexibility index (Phi) is 6.58. The molecule has 2 nitrogen and oxygen atoms in total. The van der Waals surface area contributed by atoms with Crippen LogP contribution in [0, 0.1) is 0 Å². The van der Waals surface area contributed by atoms with Gasteiger partial charge in [0.1, 0.15) is 0 Å². The Labute approximate surface area is 325 Å². The highest BCUT2D eigenvalue weighted by Gasteiger charge is 2.45. The summed E-state index contributed by atoms with van der Waals surface area (Å²) in [6.07, 6.45) is 6.97. The molecule has 55 heavy (non-hydrogen) atoms. The van der Waals surface area contributed by atoms with Gasteiger partial charge in [-0.1, -0.05) is 145 Å². The first-order valence-electron chi connectivity index (χ1n) is 20.0. The van der Waals surface area contributed by atoms with Gasteiger partial charge < -0.3 is 9.80 Å². The second-order valence-corrected chi connectivity index (χ2v) is 17.7. The number of anilines is 6. The van der Waals surface area contributed by atoms with Crippen LogP contribution >= 0.6 is 0 Å². The van der Waals surface area contributed by atoms with Gasteiger partial charge in [-0.05, 0) is 116 Å². The Morgan fingerprint density at radius 1 is 0.509 bits per heavy atom. The highest BCUT2D eigenvalue weighted by molar-refractivity contribution is 6.14. The first-order chi connectivity index (χ1) is 26.6. The summed E-state index contributed by atoms with van der Waals surface area (Å²) in [7, 11) is 0. The number of benzene rings is 7. The average Bonchev–Trinajstić information content (AvgIpc) is 3.43. The van der Waals surface area contributed by atoms with Crippen molar-refractivity contribution >= 4 is 61.2 Å². The molecule has 2 aliphatic heterocycles. The molecule has 7 aromatic carbocycles. The van der Waals surface area contributed by atoms with E-state index in [1.165, 1.54) is 100 Å². The van der Waals surface area contributed by atoms with Crippen LogP contribution < -0.4 is 9.80 Å². The Bertz CT molecular complexity index is 2860. The first-order valence-corrected chi connectivity index (χ1v) is 20.0. The molecule has 0 N–H and O–H groups in total. The molecule has 4 aliphatic rings. The van der Waals surface area contributed by atoms with Crippen LogP contribution in [0.2, 0.25) is 0 Å². The Balaban J connectivity index is 1.18. The van der Waals surface area contributed by atoms with Crippen LogP contribution in [0.3, 0.4) is 0 Å². The molecule has 0 fully saturated rings. The fourth-order valence-electron chi connectivity index (χ4n) is 10.8. The predicted molar refractivity (Wildman–Crippen MR) is 233 cm³/mol. The third kappa shape index (κ3) is 4.31. The molecule has 0 bridgehead atoms. The van der Waals surface area contributed by atoms with Crippen molar-refractivity contribution in [3.8, 4) is 0 Å². The molecule has 2 heterocycles. The number of nitrogens with zero attached hydrogens (tertiary/aromatic N) is 2. The minimum absolute atomic E-state index is 0.0661. The minimum Gasteiger partial charge on any atom is -0.310 e. The van der Waals surface area contributed by atoms with Gasteiger partial charge in [0.15, 0.2) is 0 Å². The maximum absolute atomic E-state index is 2.56. The van der Waals surface area contributed by atoms with E-state index >= 15 is 0 Å². The van der Waals surface area contributed by atoms with E-state index in [4.69, 9.17) is 0 Å². The molecule has 0 saturated carbocycles. The van der Waals surface area contributed by atoms with Crippen LogP contribution in [0.5, 0.6) is 0 Å². The normalized spacial score (nSPS) is 17.7. The van der Waals surface area contributed by atoms with Crippen LogP contribution in [0.1, 0.15) is 87.8 Å². The molecule has 0 aromatic heterocycles. The third-order valence-electron chi connectivity index (χ3n) is 13.7. The van der Waals surface area contributed by atoms with Crippen LogP contribution in [0.25, 0.3) is 27.1 Å². The number of fused-ring (bicyclic) bond motifs is 9. The van der Waals surface area contributed by atoms with Crippen molar-refractivity contribution < 1.29 is 0 Å². The van der Waals surface area contributed by atoms with Crippen molar-refractivity contribution in [2.45, 2.75) is 70.6 Å². The van der Waals surface area contributed by atoms with E-state index in [1.807, 2.05) is 0 Å². The summed E-state index contributed by atoms with van der Waals surface area (Å²) in [5.41, 5.74) is 18.4. The van der Waals surface area contributed by atoms with E-state index < -0.39 is 0 Å². The lowest BCUT2D eigenvalue weighted by molar-refractivity contribution is 0.597. The maximum atomic E-state index is 2.56. The Morgan fingerprint density at radius 3 is 1.93 bits per heavy atom. The molecule has 2 heteroatoms. The van der Waals surface area contributed by atoms with Gasteiger partial charge in [0.25, 0.3) is 0 Å². The van der Waals surface area contributed by atoms with Gasteiger partial charge in [0, 0.05) is 33.0 Å². The highest BCUT2D eigenvalue weighted by atomic mass is 15.2. The zero-order valence-corrected chi connectivity index (χ0v) is 32.7. The number of hydrogen-bond acceptors (Lipinski definition) is 2. The molecular formula is C53H46N2. The molecule has 0 atom stereocenters. The summed E-state index contributed by atoms with van der Waals surface area (Å²) in [5, 5.41) is 5.06. The molecule has 268 valence electrons. The number of rotatable bonds is 3. The van der Waals surface area contributed by atoms with E-state index in [-0.39, 0.29) is 16.2 Å². The smallest absolute Gasteiger partial charge is 0.0546 e. The van der Waals surface area contributed by atoms with E-state index in [9.17, 15) is 0 Å². The SMILES string of the molecule is CC1(C)C2=C(CCC=C2)c2ccc(N(c3ccc4c(c3)C(C)(C)c3cccc5c3N4c3ccccc3C5(C)C)c3cc4ccccc4c4ccccc34)cc21. The molecule has 0 unspecified atom stereocenters. The van der Waals surface area contributed by atoms with Crippen molar-refractivity contribution in [3.05, 3.63) is 185 Å². The lowest BCUT2D eigenvalue weighted by atomic mass is 9.66. The predicted octanol–water partition coefficient (Wildman–Crippen LogP) is 14.6. The Morgan fingerprint density at radius 2 is 1.13 bits per heavy atom. The molecule has 0 saturated heterocycles. The lowest BCUT2D eigenvalue weighted by Gasteiger charge is -2.49. The fourth-order valence-corrected chi connectivity index (χ4v) is 10.8. The third-order valence-corrected chi connectivity index (χ3v) is 13.7. The topological polar surface area (TPSA) is 6.48 Å². The van der Waals surface area contributed by atoms with Gasteiger partial charge in [0.05, 0.1) is 22.7 Å². The van der Waals surface area contributed by atoms with Crippen molar-refractivity contribution in [2.24, 2.45) is 0 Å². The Hall–Kier alpha value is -5.86. The van der Waals surface area contributed by atoms with E-state index in [0.29, 0.717) is 0 Å². The quantitative estimate of drug-likeness (QED) is 0.168. The van der Waals surface area contributed by atoms with Gasteiger partial charge in [-0.15, -0.1) is 0 Å². The van der Waals surface area contributed by atoms with Gasteiger partial charge >= 0.3 is 0 Å². The second kappa shape index (κ2) is 11.1. The van der Waals surface area contributed by atoms with Gasteiger partial charge in [0.2, 0.25) is 0 Å². The van der Waals surface area contributed by atoms with Crippen molar-refractivity contribution in [3.63, 3.8) is 0 Å². The van der Waals surface area contributed by atoms with Gasteiger partial charge in [-0.2, -0.15) is 0 Å². The summed E-state index contributed by atoms with van der Waals surface area (Å²) in [4.78, 5) is 5.11. The van der Waals surface area contributed by atoms with Crippen LogP contribution in [-0.4, -0.2) is 0 Å². The molecule has 2 aliphatic carbocycles. The second-order valence-electron chi connectivity index (χ2n) is 17.7. The molecule has 0 radical (unpaired) electrons. The van der Waals surface area contributed by atoms with E-state index in [0.717, 1.165) is 12.8 Å². The zero-order chi connectivity index (χ0) is 37.4. The minimum atomic E-state index is -0.234. The molecule has 7 aromatic rings. The maximum Gasteiger partial charge on any atom is 0.0546 e. The van der Waals surface area contributed by atoms with Crippen molar-refractivity contribution in [1.82, 2.24) is 0 Å². The summed E-state index contributed by atoms with van der Waals surface area (Å²) in [6.45, 7) is 14.4. The summed E-state index contributed by atoms with van der Waals surface area (Å²) >= 11 is 0. The summed E-state index contributed by atoms with van der Waals surface area (Å²) < 4.78 is 0. The molecular weight excluding hydrogens is 665 g/mol. The van der Waals surface area contributed by atoms with Crippen LogP contribution in [-0.2, 0) is 16.2 Å². The zero-order valence-electron chi connectivity index (χ0n) is 32.7. The summed E-state index contributed by atoms with van der Waals surface area (Å²) in [6, 6.07) is 50.8. The molecule has 11 rings (SSSR count). The number of allylic oxidation sites excluding steroid dienone is 4. The monoisotopic (exact) mass is 710 g/mol. The molecule has 0 amide bonds. The average molecular weight is 711 g/mol. The summed E-state index contributed by atoms with van der Waals surface area (Å²) in [5.74, 6) is 0. The number of para-hydroxylation sites is 2. The van der Waals surface area contributed by atoms with Gasteiger partial charge in [-0.3, -0.25) is 0 Å². The van der Waals surface area contributed by atoms with Crippen molar-refractivity contribution in [1.29, 1.82) is 0 Å². The standard InChI is InChI=1S/C53H46N2/c1-51(2)41-21-12-11-19-38(41)39-28-26-34(31-45(39)51)54(49-30-33-16-7-8-17-36(33)37-18-9-10-20-40(37)49)35-27-29-48-46(32-35)53(5,6)44-24-15-23-43-50(44)55(48)47-25-14-13-22-42(47)52(43,3)4/h7-10,12-18,20-32H,11,19H2,1-6H3. The first kappa shape index (κ1) is 32.6. The number of hydrogen-bond donors (Lipinski definition) is 0. The van der Waals surface area contributed by atoms with E-state index in [2.05, 4.69) is 197 Å². The van der Waals surface area contributed by atoms with Gasteiger partial charge in [-0.25, -0.2) is 0 Å². The highest BCUT2D eigenvalue weighted by Crippen LogP contribution is 2.61. The largest absolute Gasteiger partial charge is 0.310 e.